The van der Waals surface area contributed by atoms with Gasteiger partial charge in [0.15, 0.2) is 0 Å². The maximum Gasteiger partial charge on any atom is 0.130 e. The Morgan fingerprint density at radius 1 is 1.19 bits per heavy atom. The molecule has 26 heavy (non-hydrogen) atoms. The smallest absolute Gasteiger partial charge is 0.130 e. The van der Waals surface area contributed by atoms with E-state index in [0.717, 1.165) is 65.5 Å². The Labute approximate surface area is 153 Å². The van der Waals surface area contributed by atoms with Crippen LogP contribution in [-0.4, -0.2) is 46.5 Å². The first kappa shape index (κ1) is 18.1. The molecule has 1 aliphatic rings. The van der Waals surface area contributed by atoms with Gasteiger partial charge in [0, 0.05) is 30.9 Å². The number of hydrogen-bond donors (Lipinski definition) is 1. The number of rotatable bonds is 3. The van der Waals surface area contributed by atoms with Crippen molar-refractivity contribution in [2.45, 2.75) is 20.8 Å². The fourth-order valence-electron chi connectivity index (χ4n) is 3.03. The summed E-state index contributed by atoms with van der Waals surface area (Å²) < 4.78 is 5.46. The van der Waals surface area contributed by atoms with E-state index in [4.69, 9.17) is 9.72 Å². The monoisotopic (exact) mass is 351 g/mol. The number of ether oxygens (including phenoxy) is 1. The first-order valence-corrected chi connectivity index (χ1v) is 9.02. The molecule has 1 N–H and O–H groups in total. The quantitative estimate of drug-likeness (QED) is 0.775. The molecule has 1 saturated heterocycles. The van der Waals surface area contributed by atoms with Crippen molar-refractivity contribution >= 4 is 22.3 Å². The van der Waals surface area contributed by atoms with E-state index in [9.17, 15) is 0 Å². The highest BCUT2D eigenvalue weighted by Crippen LogP contribution is 2.32. The summed E-state index contributed by atoms with van der Waals surface area (Å²) >= 11 is 0. The van der Waals surface area contributed by atoms with E-state index in [1.54, 1.807) is 12.4 Å². The zero-order chi connectivity index (χ0) is 18.5. The third kappa shape index (κ3) is 3.46. The van der Waals surface area contributed by atoms with Gasteiger partial charge in [-0.05, 0) is 30.7 Å². The van der Waals surface area contributed by atoms with Crippen molar-refractivity contribution in [3.63, 3.8) is 0 Å². The van der Waals surface area contributed by atoms with Gasteiger partial charge in [-0.1, -0.05) is 26.0 Å². The highest BCUT2D eigenvalue weighted by Gasteiger charge is 2.18. The molecule has 0 amide bonds. The second-order valence-electron chi connectivity index (χ2n) is 5.93. The van der Waals surface area contributed by atoms with Gasteiger partial charge in [-0.25, -0.2) is 4.98 Å². The molecule has 6 nitrogen and oxygen atoms in total. The second-order valence-corrected chi connectivity index (χ2v) is 5.93. The Morgan fingerprint density at radius 2 is 1.96 bits per heavy atom. The third-order valence-corrected chi connectivity index (χ3v) is 4.26. The standard InChI is InChI=1S/C18H19N5O.C2H6/c1-12(2)14-11-16(23-7-9-24-10-8-23)21-17-13(14)3-5-19-18(17)15-4-6-20-22-15;1-2/h3-6,11H,1,7-10H2,2H3,(H,20,22);1-2H3. The van der Waals surface area contributed by atoms with Gasteiger partial charge in [0.2, 0.25) is 0 Å². The van der Waals surface area contributed by atoms with E-state index in [1.807, 2.05) is 32.9 Å². The number of hydrogen-bond acceptors (Lipinski definition) is 5. The van der Waals surface area contributed by atoms with E-state index < -0.39 is 0 Å². The molecule has 3 aromatic heterocycles. The number of nitrogens with zero attached hydrogens (tertiary/aromatic N) is 4. The van der Waals surface area contributed by atoms with Crippen LogP contribution >= 0.6 is 0 Å². The highest BCUT2D eigenvalue weighted by atomic mass is 16.5. The van der Waals surface area contributed by atoms with Crippen LogP contribution in [0.1, 0.15) is 26.3 Å². The molecule has 0 bridgehead atoms. The molecule has 3 aromatic rings. The Balaban J connectivity index is 0.000000948. The number of anilines is 1. The molecule has 4 heterocycles. The number of H-pyrrole nitrogens is 1. The number of aromatic amines is 1. The molecule has 0 unspecified atom stereocenters. The lowest BCUT2D eigenvalue weighted by Crippen LogP contribution is -2.36. The van der Waals surface area contributed by atoms with Crippen molar-refractivity contribution in [1.82, 2.24) is 20.2 Å². The molecular weight excluding hydrogens is 326 g/mol. The maximum absolute atomic E-state index is 5.46. The minimum Gasteiger partial charge on any atom is -0.378 e. The highest BCUT2D eigenvalue weighted by molar-refractivity contribution is 5.98. The zero-order valence-corrected chi connectivity index (χ0v) is 15.6. The van der Waals surface area contributed by atoms with Crippen molar-refractivity contribution in [3.8, 4) is 11.4 Å². The van der Waals surface area contributed by atoms with E-state index in [-0.39, 0.29) is 0 Å². The Hall–Kier alpha value is -2.73. The van der Waals surface area contributed by atoms with E-state index in [0.29, 0.717) is 0 Å². The lowest BCUT2D eigenvalue weighted by atomic mass is 10.0. The largest absolute Gasteiger partial charge is 0.378 e. The Bertz CT molecular complexity index is 883. The summed E-state index contributed by atoms with van der Waals surface area (Å²) in [5, 5.41) is 8.08. The third-order valence-electron chi connectivity index (χ3n) is 4.26. The molecule has 136 valence electrons. The number of fused-ring (bicyclic) bond motifs is 1. The van der Waals surface area contributed by atoms with Gasteiger partial charge in [-0.3, -0.25) is 10.1 Å². The molecular formula is C20H25N5O. The van der Waals surface area contributed by atoms with Gasteiger partial charge in [0.1, 0.15) is 17.0 Å². The fourth-order valence-corrected chi connectivity index (χ4v) is 3.03. The summed E-state index contributed by atoms with van der Waals surface area (Å²) in [6.45, 7) is 13.3. The molecule has 1 fully saturated rings. The van der Waals surface area contributed by atoms with Crippen LogP contribution in [-0.2, 0) is 4.74 Å². The van der Waals surface area contributed by atoms with Gasteiger partial charge >= 0.3 is 0 Å². The Morgan fingerprint density at radius 3 is 2.62 bits per heavy atom. The molecule has 0 aliphatic carbocycles. The SMILES string of the molecule is C=C(C)c1cc(N2CCOCC2)nc2c(-c3ccn[nH]3)nccc12.CC. The average Bonchev–Trinajstić information content (AvgIpc) is 3.23. The normalized spacial score (nSPS) is 14.0. The van der Waals surface area contributed by atoms with Gasteiger partial charge in [-0.15, -0.1) is 0 Å². The number of nitrogens with one attached hydrogen (secondary N) is 1. The summed E-state index contributed by atoms with van der Waals surface area (Å²) in [4.78, 5) is 11.7. The van der Waals surface area contributed by atoms with Gasteiger partial charge in [-0.2, -0.15) is 5.10 Å². The van der Waals surface area contributed by atoms with Crippen LogP contribution in [0.5, 0.6) is 0 Å². The summed E-state index contributed by atoms with van der Waals surface area (Å²) in [5.74, 6) is 0.942. The van der Waals surface area contributed by atoms with Crippen LogP contribution in [0.3, 0.4) is 0 Å². The number of aromatic nitrogens is 4. The summed E-state index contributed by atoms with van der Waals surface area (Å²) in [6.07, 6.45) is 3.53. The fraction of sp³-hybridized carbons (Fsp3) is 0.350. The van der Waals surface area contributed by atoms with E-state index in [1.165, 1.54) is 0 Å². The van der Waals surface area contributed by atoms with Crippen LogP contribution in [0.15, 0.2) is 37.2 Å². The number of pyridine rings is 2. The van der Waals surface area contributed by atoms with Gasteiger partial charge in [0.05, 0.1) is 18.9 Å². The molecule has 1 aliphatic heterocycles. The van der Waals surface area contributed by atoms with Crippen LogP contribution < -0.4 is 4.90 Å². The number of morpholine rings is 1. The first-order valence-electron chi connectivity index (χ1n) is 9.02. The summed E-state index contributed by atoms with van der Waals surface area (Å²) in [7, 11) is 0. The summed E-state index contributed by atoms with van der Waals surface area (Å²) in [5.41, 5.74) is 4.65. The van der Waals surface area contributed by atoms with Gasteiger partial charge < -0.3 is 9.64 Å². The minimum absolute atomic E-state index is 0.725. The minimum atomic E-state index is 0.725. The van der Waals surface area contributed by atoms with Gasteiger partial charge in [0.25, 0.3) is 0 Å². The predicted octanol–water partition coefficient (Wildman–Crippen LogP) is 3.92. The summed E-state index contributed by atoms with van der Waals surface area (Å²) in [6, 6.07) is 6.02. The van der Waals surface area contributed by atoms with Crippen LogP contribution in [0.25, 0.3) is 27.9 Å². The lowest BCUT2D eigenvalue weighted by Gasteiger charge is -2.28. The zero-order valence-electron chi connectivity index (χ0n) is 15.6. The van der Waals surface area contributed by atoms with Crippen LogP contribution in [0.2, 0.25) is 0 Å². The topological polar surface area (TPSA) is 66.9 Å². The predicted molar refractivity (Wildman–Crippen MR) is 106 cm³/mol. The molecule has 0 spiro atoms. The van der Waals surface area contributed by atoms with E-state index in [2.05, 4.69) is 32.7 Å². The molecule has 0 atom stereocenters. The van der Waals surface area contributed by atoms with Crippen molar-refractivity contribution in [1.29, 1.82) is 0 Å². The van der Waals surface area contributed by atoms with Crippen molar-refractivity contribution in [2.24, 2.45) is 0 Å². The Kier molecular flexibility index (Phi) is 5.63. The van der Waals surface area contributed by atoms with Crippen LogP contribution in [0, 0.1) is 0 Å². The second kappa shape index (κ2) is 8.10. The first-order chi connectivity index (χ1) is 12.7. The lowest BCUT2D eigenvalue weighted by molar-refractivity contribution is 0.122. The number of allylic oxidation sites excluding steroid dienone is 1. The van der Waals surface area contributed by atoms with E-state index >= 15 is 0 Å². The molecule has 0 saturated carbocycles. The molecule has 0 aromatic carbocycles. The molecule has 6 heteroatoms. The van der Waals surface area contributed by atoms with Crippen molar-refractivity contribution < 1.29 is 4.74 Å². The van der Waals surface area contributed by atoms with Crippen LogP contribution in [0.4, 0.5) is 5.82 Å². The van der Waals surface area contributed by atoms with Crippen molar-refractivity contribution in [3.05, 3.63) is 42.7 Å². The average molecular weight is 351 g/mol. The maximum atomic E-state index is 5.46. The molecule has 0 radical (unpaired) electrons. The van der Waals surface area contributed by atoms with Crippen molar-refractivity contribution in [2.75, 3.05) is 31.2 Å². The molecule has 4 rings (SSSR count).